The van der Waals surface area contributed by atoms with Crippen molar-refractivity contribution in [1.29, 1.82) is 0 Å². The van der Waals surface area contributed by atoms with Gasteiger partial charge in [0.25, 0.3) is 0 Å². The van der Waals surface area contributed by atoms with E-state index in [0.29, 0.717) is 5.76 Å². The average Bonchev–Trinajstić information content (AvgIpc) is 2.13. The summed E-state index contributed by atoms with van der Waals surface area (Å²) in [5, 5.41) is 0. The van der Waals surface area contributed by atoms with Gasteiger partial charge in [-0.1, -0.05) is 31.7 Å². The minimum Gasteiger partial charge on any atom is -0.470 e. The predicted molar refractivity (Wildman–Crippen MR) is 62.4 cm³/mol. The molecule has 0 heterocycles. The maximum Gasteiger partial charge on any atom is 0.186 e. The fourth-order valence-electron chi connectivity index (χ4n) is 0.876. The molecule has 0 N–H and O–H groups in total. The molecule has 0 aromatic rings. The molecular formula is C12H19NO. The second kappa shape index (κ2) is 8.30. The predicted octanol–water partition coefficient (Wildman–Crippen LogP) is 3.48. The maximum atomic E-state index is 5.36. The molecule has 2 heteroatoms. The highest BCUT2D eigenvalue weighted by Crippen LogP contribution is 2.02. The number of hydrogen-bond acceptors (Lipinski definition) is 2. The van der Waals surface area contributed by atoms with Gasteiger partial charge in [-0.2, -0.15) is 0 Å². The fourth-order valence-corrected chi connectivity index (χ4v) is 0.876. The van der Waals surface area contributed by atoms with Crippen molar-refractivity contribution in [2.24, 2.45) is 4.99 Å². The van der Waals surface area contributed by atoms with Crippen molar-refractivity contribution in [3.63, 3.8) is 0 Å². The van der Waals surface area contributed by atoms with Gasteiger partial charge in [0.05, 0.1) is 0 Å². The lowest BCUT2D eigenvalue weighted by Crippen LogP contribution is -2.02. The minimum atomic E-state index is -0.160. The molecule has 0 spiro atoms. The van der Waals surface area contributed by atoms with Gasteiger partial charge >= 0.3 is 0 Å². The number of rotatable bonds is 6. The van der Waals surface area contributed by atoms with Gasteiger partial charge in [0.15, 0.2) is 6.23 Å². The first-order chi connectivity index (χ1) is 6.70. The van der Waals surface area contributed by atoms with E-state index in [-0.39, 0.29) is 6.23 Å². The molecule has 0 aliphatic rings. The van der Waals surface area contributed by atoms with E-state index in [1.165, 1.54) is 0 Å². The minimum absolute atomic E-state index is 0.160. The van der Waals surface area contributed by atoms with Crippen LogP contribution in [0.25, 0.3) is 0 Å². The lowest BCUT2D eigenvalue weighted by molar-refractivity contribution is 0.151. The Bertz CT molecular complexity index is 239. The van der Waals surface area contributed by atoms with Crippen LogP contribution in [-0.4, -0.2) is 12.4 Å². The number of nitrogens with zero attached hydrogens (tertiary/aromatic N) is 1. The van der Waals surface area contributed by atoms with Gasteiger partial charge in [-0.3, -0.25) is 4.99 Å². The lowest BCUT2D eigenvalue weighted by Gasteiger charge is -2.08. The van der Waals surface area contributed by atoms with Crippen molar-refractivity contribution < 1.29 is 4.74 Å². The van der Waals surface area contributed by atoms with E-state index < -0.39 is 0 Å². The zero-order valence-electron chi connectivity index (χ0n) is 9.23. The van der Waals surface area contributed by atoms with Gasteiger partial charge in [-0.25, -0.2) is 0 Å². The summed E-state index contributed by atoms with van der Waals surface area (Å²) in [6.45, 7) is 9.59. The molecule has 0 aliphatic carbocycles. The molecule has 0 radical (unpaired) electrons. The number of hydrogen-bond donors (Lipinski definition) is 0. The van der Waals surface area contributed by atoms with E-state index in [0.717, 1.165) is 6.42 Å². The molecule has 0 aromatic carbocycles. The van der Waals surface area contributed by atoms with Crippen molar-refractivity contribution in [3.8, 4) is 0 Å². The Labute approximate surface area is 86.7 Å². The molecule has 0 bridgehead atoms. The summed E-state index contributed by atoms with van der Waals surface area (Å²) in [6, 6.07) is 0. The zero-order chi connectivity index (χ0) is 10.8. The SMILES string of the molecule is C=C(/C=C\C=C/CC)OC(C)/N=C\C. The number of aliphatic imine (C=N–C) groups is 1. The third kappa shape index (κ3) is 7.35. The van der Waals surface area contributed by atoms with Gasteiger partial charge in [0.2, 0.25) is 0 Å². The maximum absolute atomic E-state index is 5.36. The first-order valence-corrected chi connectivity index (χ1v) is 4.87. The molecule has 0 saturated heterocycles. The van der Waals surface area contributed by atoms with Crippen LogP contribution in [0.3, 0.4) is 0 Å². The second-order valence-corrected chi connectivity index (χ2v) is 2.79. The van der Waals surface area contributed by atoms with Gasteiger partial charge in [-0.15, -0.1) is 0 Å². The van der Waals surface area contributed by atoms with Gasteiger partial charge < -0.3 is 4.74 Å². The van der Waals surface area contributed by atoms with Crippen LogP contribution in [0.2, 0.25) is 0 Å². The van der Waals surface area contributed by atoms with Gasteiger partial charge in [-0.05, 0) is 32.6 Å². The van der Waals surface area contributed by atoms with E-state index >= 15 is 0 Å². The van der Waals surface area contributed by atoms with Gasteiger partial charge in [0, 0.05) is 0 Å². The quantitative estimate of drug-likeness (QED) is 0.359. The summed E-state index contributed by atoms with van der Waals surface area (Å²) in [6.07, 6.45) is 10.4. The zero-order valence-corrected chi connectivity index (χ0v) is 9.23. The van der Waals surface area contributed by atoms with Crippen molar-refractivity contribution in [3.05, 3.63) is 36.6 Å². The summed E-state index contributed by atoms with van der Waals surface area (Å²) in [7, 11) is 0. The Balaban J connectivity index is 3.86. The molecule has 14 heavy (non-hydrogen) atoms. The van der Waals surface area contributed by atoms with Crippen LogP contribution in [-0.2, 0) is 4.74 Å². The van der Waals surface area contributed by atoms with Crippen LogP contribution in [0.1, 0.15) is 27.2 Å². The van der Waals surface area contributed by atoms with Crippen LogP contribution < -0.4 is 0 Å². The van der Waals surface area contributed by atoms with Gasteiger partial charge in [0.1, 0.15) is 5.76 Å². The van der Waals surface area contributed by atoms with E-state index in [2.05, 4.69) is 24.6 Å². The molecule has 78 valence electrons. The van der Waals surface area contributed by atoms with Crippen LogP contribution in [0, 0.1) is 0 Å². The highest BCUT2D eigenvalue weighted by atomic mass is 16.5. The summed E-state index contributed by atoms with van der Waals surface area (Å²) < 4.78 is 5.36. The van der Waals surface area contributed by atoms with E-state index in [4.69, 9.17) is 4.74 Å². The molecule has 2 nitrogen and oxygen atoms in total. The van der Waals surface area contributed by atoms with E-state index in [9.17, 15) is 0 Å². The molecular weight excluding hydrogens is 174 g/mol. The largest absolute Gasteiger partial charge is 0.470 e. The first-order valence-electron chi connectivity index (χ1n) is 4.87. The second-order valence-electron chi connectivity index (χ2n) is 2.79. The third-order valence-electron chi connectivity index (χ3n) is 1.45. The molecule has 1 unspecified atom stereocenters. The lowest BCUT2D eigenvalue weighted by atomic mass is 10.3. The molecule has 0 aromatic heterocycles. The molecule has 0 fully saturated rings. The van der Waals surface area contributed by atoms with Crippen molar-refractivity contribution in [2.75, 3.05) is 0 Å². The Hall–Kier alpha value is -1.31. The molecule has 1 atom stereocenters. The van der Waals surface area contributed by atoms with E-state index in [1.54, 1.807) is 6.21 Å². The van der Waals surface area contributed by atoms with Crippen molar-refractivity contribution in [1.82, 2.24) is 0 Å². The van der Waals surface area contributed by atoms with Crippen molar-refractivity contribution in [2.45, 2.75) is 33.4 Å². The van der Waals surface area contributed by atoms with Crippen LogP contribution >= 0.6 is 0 Å². The van der Waals surface area contributed by atoms with Crippen molar-refractivity contribution >= 4 is 6.21 Å². The molecule has 0 amide bonds. The summed E-state index contributed by atoms with van der Waals surface area (Å²) in [4.78, 5) is 4.05. The fraction of sp³-hybridized carbons (Fsp3) is 0.417. The highest BCUT2D eigenvalue weighted by Gasteiger charge is 1.96. The van der Waals surface area contributed by atoms with Crippen LogP contribution in [0.5, 0.6) is 0 Å². The average molecular weight is 193 g/mol. The van der Waals surface area contributed by atoms with Crippen LogP contribution in [0.15, 0.2) is 41.6 Å². The number of ether oxygens (including phenoxy) is 1. The topological polar surface area (TPSA) is 21.6 Å². The number of allylic oxidation sites excluding steroid dienone is 4. The highest BCUT2D eigenvalue weighted by molar-refractivity contribution is 5.53. The Kier molecular flexibility index (Phi) is 7.52. The summed E-state index contributed by atoms with van der Waals surface area (Å²) in [5.74, 6) is 0.629. The van der Waals surface area contributed by atoms with Crippen LogP contribution in [0.4, 0.5) is 0 Å². The Morgan fingerprint density at radius 1 is 1.50 bits per heavy atom. The smallest absolute Gasteiger partial charge is 0.186 e. The standard InChI is InChI=1S/C12H19NO/c1-5-7-8-9-10-11(3)14-12(4)13-6-2/h6-10,12H,3,5H2,1-2,4H3/b8-7-,10-9-,13-6-. The summed E-state index contributed by atoms with van der Waals surface area (Å²) >= 11 is 0. The monoisotopic (exact) mass is 193 g/mol. The first kappa shape index (κ1) is 12.7. The Morgan fingerprint density at radius 2 is 2.21 bits per heavy atom. The third-order valence-corrected chi connectivity index (χ3v) is 1.45. The molecule has 0 saturated carbocycles. The summed E-state index contributed by atoms with van der Waals surface area (Å²) in [5.41, 5.74) is 0. The molecule has 0 rings (SSSR count). The Morgan fingerprint density at radius 3 is 2.79 bits per heavy atom. The normalized spacial score (nSPS) is 14.2. The molecule has 0 aliphatic heterocycles. The van der Waals surface area contributed by atoms with E-state index in [1.807, 2.05) is 32.1 Å².